The monoisotopic (exact) mass is 234 g/mol. The molecule has 1 aliphatic rings. The number of para-hydroxylation sites is 1. The first-order valence-electron chi connectivity index (χ1n) is 5.44. The average molecular weight is 234 g/mol. The van der Waals surface area contributed by atoms with Crippen LogP contribution in [0.5, 0.6) is 0 Å². The average Bonchev–Trinajstić information content (AvgIpc) is 2.75. The Balaban J connectivity index is 1.98. The molecule has 1 aromatic rings. The molecule has 1 aliphatic heterocycles. The van der Waals surface area contributed by atoms with Crippen LogP contribution in [0.4, 0.5) is 10.5 Å². The quantitative estimate of drug-likeness (QED) is 0.781. The van der Waals surface area contributed by atoms with Crippen molar-refractivity contribution in [2.24, 2.45) is 0 Å². The number of urea groups is 1. The zero-order chi connectivity index (χ0) is 12.3. The van der Waals surface area contributed by atoms with Crippen LogP contribution in [0.2, 0.25) is 0 Å². The lowest BCUT2D eigenvalue weighted by Gasteiger charge is -2.19. The van der Waals surface area contributed by atoms with Crippen molar-refractivity contribution < 1.29 is 14.3 Å². The molecule has 0 aliphatic carbocycles. The molecule has 90 valence electrons. The molecule has 0 aromatic heterocycles. The molecule has 1 fully saturated rings. The molecule has 0 bridgehead atoms. The summed E-state index contributed by atoms with van der Waals surface area (Å²) in [5, 5.41) is 2.64. The largest absolute Gasteiger partial charge is 0.464 e. The lowest BCUT2D eigenvalue weighted by molar-refractivity contribution is -0.139. The SMILES string of the molecule is CN(C(=O)NC1CCOC1=O)c1ccccc1. The minimum atomic E-state index is -0.520. The van der Waals surface area contributed by atoms with Crippen LogP contribution in [-0.2, 0) is 9.53 Å². The van der Waals surface area contributed by atoms with Crippen LogP contribution in [0.3, 0.4) is 0 Å². The molecule has 0 spiro atoms. The number of ether oxygens (including phenoxy) is 1. The Morgan fingerprint density at radius 2 is 2.12 bits per heavy atom. The highest BCUT2D eigenvalue weighted by Gasteiger charge is 2.28. The summed E-state index contributed by atoms with van der Waals surface area (Å²) >= 11 is 0. The molecule has 5 nitrogen and oxygen atoms in total. The van der Waals surface area contributed by atoms with Crippen molar-refractivity contribution >= 4 is 17.7 Å². The number of benzene rings is 1. The zero-order valence-electron chi connectivity index (χ0n) is 9.55. The Kier molecular flexibility index (Phi) is 3.27. The Morgan fingerprint density at radius 1 is 1.41 bits per heavy atom. The number of nitrogens with zero attached hydrogens (tertiary/aromatic N) is 1. The van der Waals surface area contributed by atoms with Gasteiger partial charge in [0, 0.05) is 19.2 Å². The van der Waals surface area contributed by atoms with Gasteiger partial charge in [0.05, 0.1) is 6.61 Å². The fourth-order valence-corrected chi connectivity index (χ4v) is 1.64. The highest BCUT2D eigenvalue weighted by molar-refractivity contribution is 5.94. The molecule has 17 heavy (non-hydrogen) atoms. The fraction of sp³-hybridized carbons (Fsp3) is 0.333. The van der Waals surface area contributed by atoms with E-state index in [9.17, 15) is 9.59 Å². The second-order valence-corrected chi connectivity index (χ2v) is 3.85. The van der Waals surface area contributed by atoms with E-state index in [4.69, 9.17) is 4.74 Å². The van der Waals surface area contributed by atoms with Gasteiger partial charge in [0.15, 0.2) is 0 Å². The summed E-state index contributed by atoms with van der Waals surface area (Å²) in [6.07, 6.45) is 0.535. The van der Waals surface area contributed by atoms with Crippen LogP contribution in [0, 0.1) is 0 Å². The number of hydrogen-bond acceptors (Lipinski definition) is 3. The molecule has 0 saturated carbocycles. The summed E-state index contributed by atoms with van der Waals surface area (Å²) in [6, 6.07) is 8.41. The predicted octanol–water partition coefficient (Wildman–Crippen LogP) is 1.15. The van der Waals surface area contributed by atoms with Crippen molar-refractivity contribution in [3.63, 3.8) is 0 Å². The number of cyclic esters (lactones) is 1. The lowest BCUT2D eigenvalue weighted by atomic mass is 10.2. The summed E-state index contributed by atoms with van der Waals surface area (Å²) in [5.41, 5.74) is 0.774. The first-order chi connectivity index (χ1) is 8.18. The Bertz CT molecular complexity index is 419. The molecule has 1 saturated heterocycles. The van der Waals surface area contributed by atoms with E-state index in [0.717, 1.165) is 5.69 Å². The van der Waals surface area contributed by atoms with Gasteiger partial charge in [0.25, 0.3) is 0 Å². The topological polar surface area (TPSA) is 58.6 Å². The predicted molar refractivity (Wildman–Crippen MR) is 62.7 cm³/mol. The third-order valence-electron chi connectivity index (χ3n) is 2.68. The number of nitrogens with one attached hydrogen (secondary N) is 1. The molecule has 1 aromatic carbocycles. The van der Waals surface area contributed by atoms with Gasteiger partial charge < -0.3 is 10.1 Å². The van der Waals surface area contributed by atoms with Crippen LogP contribution >= 0.6 is 0 Å². The maximum atomic E-state index is 11.9. The minimum absolute atomic E-state index is 0.306. The third kappa shape index (κ3) is 2.55. The molecule has 1 unspecified atom stereocenters. The number of esters is 1. The summed E-state index contributed by atoms with van der Waals surface area (Å²) in [7, 11) is 1.66. The summed E-state index contributed by atoms with van der Waals surface area (Å²) in [5.74, 6) is -0.361. The van der Waals surface area contributed by atoms with Crippen molar-refractivity contribution in [2.75, 3.05) is 18.6 Å². The van der Waals surface area contributed by atoms with Gasteiger partial charge in [-0.2, -0.15) is 0 Å². The van der Waals surface area contributed by atoms with Crippen LogP contribution in [0.25, 0.3) is 0 Å². The number of carbonyl (C=O) groups is 2. The van der Waals surface area contributed by atoms with E-state index in [1.807, 2.05) is 30.3 Å². The highest BCUT2D eigenvalue weighted by Crippen LogP contribution is 2.12. The van der Waals surface area contributed by atoms with Gasteiger partial charge in [0.1, 0.15) is 6.04 Å². The minimum Gasteiger partial charge on any atom is -0.464 e. The van der Waals surface area contributed by atoms with Crippen molar-refractivity contribution in [3.05, 3.63) is 30.3 Å². The first-order valence-corrected chi connectivity index (χ1v) is 5.44. The van der Waals surface area contributed by atoms with Gasteiger partial charge >= 0.3 is 12.0 Å². The fourth-order valence-electron chi connectivity index (χ4n) is 1.64. The molecule has 5 heteroatoms. The molecule has 2 rings (SSSR count). The van der Waals surface area contributed by atoms with Crippen LogP contribution < -0.4 is 10.2 Å². The maximum Gasteiger partial charge on any atom is 0.328 e. The van der Waals surface area contributed by atoms with E-state index in [2.05, 4.69) is 5.32 Å². The van der Waals surface area contributed by atoms with Crippen LogP contribution in [-0.4, -0.2) is 31.7 Å². The van der Waals surface area contributed by atoms with Crippen molar-refractivity contribution in [1.82, 2.24) is 5.32 Å². The molecule has 0 radical (unpaired) electrons. The first kappa shape index (κ1) is 11.4. The molecule has 1 N–H and O–H groups in total. The van der Waals surface area contributed by atoms with E-state index in [1.165, 1.54) is 4.90 Å². The Hall–Kier alpha value is -2.04. The van der Waals surface area contributed by atoms with E-state index in [-0.39, 0.29) is 12.0 Å². The number of carbonyl (C=O) groups excluding carboxylic acids is 2. The van der Waals surface area contributed by atoms with Gasteiger partial charge in [-0.25, -0.2) is 9.59 Å². The molecule has 1 atom stereocenters. The van der Waals surface area contributed by atoms with E-state index >= 15 is 0 Å². The van der Waals surface area contributed by atoms with Crippen LogP contribution in [0.15, 0.2) is 30.3 Å². The second-order valence-electron chi connectivity index (χ2n) is 3.85. The standard InChI is InChI=1S/C12H14N2O3/c1-14(9-5-3-2-4-6-9)12(16)13-10-7-8-17-11(10)15/h2-6,10H,7-8H2,1H3,(H,13,16). The van der Waals surface area contributed by atoms with Gasteiger partial charge in [-0.15, -0.1) is 0 Å². The number of rotatable bonds is 2. The summed E-state index contributed by atoms with van der Waals surface area (Å²) in [4.78, 5) is 24.5. The molecule has 2 amide bonds. The third-order valence-corrected chi connectivity index (χ3v) is 2.68. The van der Waals surface area contributed by atoms with Gasteiger partial charge in [-0.3, -0.25) is 4.90 Å². The van der Waals surface area contributed by atoms with Gasteiger partial charge in [-0.05, 0) is 12.1 Å². The van der Waals surface area contributed by atoms with Crippen molar-refractivity contribution in [3.8, 4) is 0 Å². The second kappa shape index (κ2) is 4.86. The zero-order valence-corrected chi connectivity index (χ0v) is 9.55. The smallest absolute Gasteiger partial charge is 0.328 e. The van der Waals surface area contributed by atoms with E-state index in [1.54, 1.807) is 7.05 Å². The summed E-state index contributed by atoms with van der Waals surface area (Å²) < 4.78 is 4.78. The molecular weight excluding hydrogens is 220 g/mol. The maximum absolute atomic E-state index is 11.9. The Morgan fingerprint density at radius 3 is 2.71 bits per heavy atom. The van der Waals surface area contributed by atoms with Gasteiger partial charge in [-0.1, -0.05) is 18.2 Å². The Labute approximate surface area is 99.4 Å². The number of hydrogen-bond donors (Lipinski definition) is 1. The van der Waals surface area contributed by atoms with Gasteiger partial charge in [0.2, 0.25) is 0 Å². The molecular formula is C12H14N2O3. The van der Waals surface area contributed by atoms with E-state index in [0.29, 0.717) is 13.0 Å². The lowest BCUT2D eigenvalue weighted by Crippen LogP contribution is -2.45. The summed E-state index contributed by atoms with van der Waals surface area (Å²) in [6.45, 7) is 0.374. The molecule has 1 heterocycles. The number of anilines is 1. The van der Waals surface area contributed by atoms with Crippen molar-refractivity contribution in [2.45, 2.75) is 12.5 Å². The normalized spacial score (nSPS) is 18.6. The van der Waals surface area contributed by atoms with Crippen molar-refractivity contribution in [1.29, 1.82) is 0 Å². The van der Waals surface area contributed by atoms with E-state index < -0.39 is 6.04 Å². The van der Waals surface area contributed by atoms with Crippen LogP contribution in [0.1, 0.15) is 6.42 Å². The number of amides is 2. The highest BCUT2D eigenvalue weighted by atomic mass is 16.5.